The zero-order valence-electron chi connectivity index (χ0n) is 10.1. The SMILES string of the molecule is C=C/C=C\N=C(C)c1nc2ccccc2n1C. The third kappa shape index (κ3) is 2.18. The monoisotopic (exact) mass is 225 g/mol. The van der Waals surface area contributed by atoms with Gasteiger partial charge in [0.05, 0.1) is 16.7 Å². The molecule has 3 nitrogen and oxygen atoms in total. The summed E-state index contributed by atoms with van der Waals surface area (Å²) in [7, 11) is 2.00. The van der Waals surface area contributed by atoms with Gasteiger partial charge in [0.25, 0.3) is 0 Å². The maximum Gasteiger partial charge on any atom is 0.155 e. The molecule has 0 saturated heterocycles. The van der Waals surface area contributed by atoms with Gasteiger partial charge < -0.3 is 4.57 Å². The highest BCUT2D eigenvalue weighted by atomic mass is 15.1. The average molecular weight is 225 g/mol. The van der Waals surface area contributed by atoms with E-state index in [0.29, 0.717) is 0 Å². The lowest BCUT2D eigenvalue weighted by Crippen LogP contribution is -2.04. The number of benzene rings is 1. The van der Waals surface area contributed by atoms with Crippen molar-refractivity contribution in [3.8, 4) is 0 Å². The van der Waals surface area contributed by atoms with Crippen LogP contribution < -0.4 is 0 Å². The van der Waals surface area contributed by atoms with Crippen LogP contribution in [0.5, 0.6) is 0 Å². The Kier molecular flexibility index (Phi) is 3.19. The summed E-state index contributed by atoms with van der Waals surface area (Å²) >= 11 is 0. The number of hydrogen-bond acceptors (Lipinski definition) is 2. The van der Waals surface area contributed by atoms with Gasteiger partial charge in [0.1, 0.15) is 0 Å². The van der Waals surface area contributed by atoms with E-state index < -0.39 is 0 Å². The highest BCUT2D eigenvalue weighted by molar-refractivity contribution is 5.98. The number of allylic oxidation sites excluding steroid dienone is 2. The molecule has 0 aliphatic heterocycles. The van der Waals surface area contributed by atoms with Crippen molar-refractivity contribution in [1.82, 2.24) is 9.55 Å². The molecule has 0 unspecified atom stereocenters. The molecule has 0 atom stereocenters. The van der Waals surface area contributed by atoms with Crippen molar-refractivity contribution in [3.63, 3.8) is 0 Å². The molecule has 86 valence electrons. The van der Waals surface area contributed by atoms with Gasteiger partial charge in [0, 0.05) is 13.2 Å². The van der Waals surface area contributed by atoms with Gasteiger partial charge in [-0.25, -0.2) is 4.98 Å². The van der Waals surface area contributed by atoms with Crippen LogP contribution in [0, 0.1) is 0 Å². The Bertz CT molecular complexity index is 603. The molecule has 0 aliphatic carbocycles. The van der Waals surface area contributed by atoms with Crippen LogP contribution in [0.25, 0.3) is 11.0 Å². The minimum absolute atomic E-state index is 0.889. The fourth-order valence-corrected chi connectivity index (χ4v) is 1.74. The molecular formula is C14H15N3. The molecule has 2 aromatic rings. The van der Waals surface area contributed by atoms with Crippen LogP contribution in [0.15, 0.2) is 54.2 Å². The predicted molar refractivity (Wildman–Crippen MR) is 72.3 cm³/mol. The van der Waals surface area contributed by atoms with Crippen molar-refractivity contribution in [2.24, 2.45) is 12.0 Å². The molecule has 1 aromatic heterocycles. The number of nitrogens with zero attached hydrogens (tertiary/aromatic N) is 3. The van der Waals surface area contributed by atoms with Crippen LogP contribution in [0.2, 0.25) is 0 Å². The fraction of sp³-hybridized carbons (Fsp3) is 0.143. The van der Waals surface area contributed by atoms with E-state index in [1.807, 2.05) is 32.2 Å². The normalized spacial score (nSPS) is 12.5. The van der Waals surface area contributed by atoms with E-state index in [1.165, 1.54) is 0 Å². The van der Waals surface area contributed by atoms with Crippen molar-refractivity contribution < 1.29 is 0 Å². The second-order valence-electron chi connectivity index (χ2n) is 3.77. The first kappa shape index (κ1) is 11.3. The van der Waals surface area contributed by atoms with Crippen molar-refractivity contribution in [3.05, 3.63) is 55.0 Å². The van der Waals surface area contributed by atoms with Crippen LogP contribution in [-0.2, 0) is 7.05 Å². The van der Waals surface area contributed by atoms with E-state index in [-0.39, 0.29) is 0 Å². The zero-order chi connectivity index (χ0) is 12.3. The minimum Gasteiger partial charge on any atom is -0.326 e. The molecule has 2 rings (SSSR count). The summed E-state index contributed by atoms with van der Waals surface area (Å²) in [4.78, 5) is 8.89. The van der Waals surface area contributed by atoms with E-state index in [4.69, 9.17) is 0 Å². The molecule has 0 radical (unpaired) electrons. The third-order valence-corrected chi connectivity index (χ3v) is 2.60. The van der Waals surface area contributed by atoms with E-state index in [0.717, 1.165) is 22.6 Å². The van der Waals surface area contributed by atoms with E-state index >= 15 is 0 Å². The highest BCUT2D eigenvalue weighted by Gasteiger charge is 2.08. The van der Waals surface area contributed by atoms with Gasteiger partial charge in [-0.05, 0) is 25.1 Å². The summed E-state index contributed by atoms with van der Waals surface area (Å²) in [6, 6.07) is 8.06. The van der Waals surface area contributed by atoms with E-state index in [9.17, 15) is 0 Å². The highest BCUT2D eigenvalue weighted by Crippen LogP contribution is 2.14. The summed E-state index contributed by atoms with van der Waals surface area (Å²) < 4.78 is 2.05. The standard InChI is InChI=1S/C14H15N3/c1-4-5-10-15-11(2)14-16-12-8-6-7-9-13(12)17(14)3/h4-10H,1H2,2-3H3/b10-5-,15-11?. The Morgan fingerprint density at radius 1 is 1.41 bits per heavy atom. The van der Waals surface area contributed by atoms with Crippen molar-refractivity contribution in [2.75, 3.05) is 0 Å². The number of rotatable bonds is 3. The topological polar surface area (TPSA) is 30.2 Å². The Balaban J connectivity index is 2.48. The summed E-state index contributed by atoms with van der Waals surface area (Å²) in [6.07, 6.45) is 5.22. The Morgan fingerprint density at radius 2 is 2.18 bits per heavy atom. The van der Waals surface area contributed by atoms with E-state index in [1.54, 1.807) is 18.4 Å². The van der Waals surface area contributed by atoms with Gasteiger partial charge >= 0.3 is 0 Å². The summed E-state index contributed by atoms with van der Waals surface area (Å²) in [6.45, 7) is 5.56. The van der Waals surface area contributed by atoms with Crippen molar-refractivity contribution >= 4 is 16.7 Å². The molecule has 0 N–H and O–H groups in total. The molecule has 0 saturated carbocycles. The Labute approximate surface area is 101 Å². The molecule has 0 spiro atoms. The third-order valence-electron chi connectivity index (χ3n) is 2.60. The molecule has 17 heavy (non-hydrogen) atoms. The molecule has 0 fully saturated rings. The summed E-state index contributed by atoms with van der Waals surface area (Å²) in [5.41, 5.74) is 3.00. The van der Waals surface area contributed by atoms with Crippen LogP contribution >= 0.6 is 0 Å². The first-order valence-corrected chi connectivity index (χ1v) is 5.48. The first-order chi connectivity index (χ1) is 8.24. The van der Waals surface area contributed by atoms with Gasteiger partial charge in [-0.3, -0.25) is 4.99 Å². The van der Waals surface area contributed by atoms with Gasteiger partial charge in [0.15, 0.2) is 5.82 Å². The molecule has 0 amide bonds. The zero-order valence-corrected chi connectivity index (χ0v) is 10.1. The smallest absolute Gasteiger partial charge is 0.155 e. The van der Waals surface area contributed by atoms with Crippen LogP contribution in [0.4, 0.5) is 0 Å². The van der Waals surface area contributed by atoms with Crippen molar-refractivity contribution in [1.29, 1.82) is 0 Å². The quantitative estimate of drug-likeness (QED) is 0.583. The lowest BCUT2D eigenvalue weighted by atomic mass is 10.3. The second-order valence-corrected chi connectivity index (χ2v) is 3.77. The lowest BCUT2D eigenvalue weighted by molar-refractivity contribution is 0.928. The predicted octanol–water partition coefficient (Wildman–Crippen LogP) is 3.08. The summed E-state index contributed by atoms with van der Waals surface area (Å²) in [5, 5.41) is 0. The average Bonchev–Trinajstić information content (AvgIpc) is 2.68. The number of aryl methyl sites for hydroxylation is 1. The van der Waals surface area contributed by atoms with Gasteiger partial charge in [0.2, 0.25) is 0 Å². The molecule has 3 heteroatoms. The number of hydrogen-bond donors (Lipinski definition) is 0. The number of para-hydroxylation sites is 2. The van der Waals surface area contributed by atoms with E-state index in [2.05, 4.69) is 27.2 Å². The second kappa shape index (κ2) is 4.78. The number of aliphatic imine (C=N–C) groups is 1. The Hall–Kier alpha value is -2.16. The number of imidazole rings is 1. The molecule has 0 aliphatic rings. The maximum atomic E-state index is 4.56. The van der Waals surface area contributed by atoms with Crippen molar-refractivity contribution in [2.45, 2.75) is 6.92 Å². The molecule has 1 aromatic carbocycles. The van der Waals surface area contributed by atoms with Crippen LogP contribution in [-0.4, -0.2) is 15.3 Å². The fourth-order valence-electron chi connectivity index (χ4n) is 1.74. The Morgan fingerprint density at radius 3 is 2.88 bits per heavy atom. The lowest BCUT2D eigenvalue weighted by Gasteiger charge is -1.99. The maximum absolute atomic E-state index is 4.56. The molecular weight excluding hydrogens is 210 g/mol. The van der Waals surface area contributed by atoms with Crippen LogP contribution in [0.1, 0.15) is 12.7 Å². The van der Waals surface area contributed by atoms with Crippen LogP contribution in [0.3, 0.4) is 0 Å². The molecule has 0 bridgehead atoms. The largest absolute Gasteiger partial charge is 0.326 e. The molecule has 1 heterocycles. The van der Waals surface area contributed by atoms with Gasteiger partial charge in [-0.1, -0.05) is 24.8 Å². The number of aromatic nitrogens is 2. The number of fused-ring (bicyclic) bond motifs is 1. The summed E-state index contributed by atoms with van der Waals surface area (Å²) in [5.74, 6) is 0.889. The van der Waals surface area contributed by atoms with Gasteiger partial charge in [-0.15, -0.1) is 0 Å². The minimum atomic E-state index is 0.889. The first-order valence-electron chi connectivity index (χ1n) is 5.48. The van der Waals surface area contributed by atoms with Gasteiger partial charge in [-0.2, -0.15) is 0 Å².